The molecule has 0 aromatic rings. The number of alkyl halides is 3. The summed E-state index contributed by atoms with van der Waals surface area (Å²) in [6.07, 6.45) is -1.31. The second-order valence-electron chi connectivity index (χ2n) is 3.90. The van der Waals surface area contributed by atoms with Crippen molar-refractivity contribution in [3.05, 3.63) is 0 Å². The van der Waals surface area contributed by atoms with Crippen LogP contribution in [-0.2, 0) is 0 Å². The zero-order valence-electron chi connectivity index (χ0n) is 7.53. The molecule has 13 heavy (non-hydrogen) atoms. The Morgan fingerprint density at radius 2 is 1.62 bits per heavy atom. The third kappa shape index (κ3) is 3.98. The fourth-order valence-electron chi connectivity index (χ4n) is 1.83. The van der Waals surface area contributed by atoms with Crippen LogP contribution in [0.15, 0.2) is 0 Å². The van der Waals surface area contributed by atoms with Gasteiger partial charge in [0.05, 0.1) is 5.60 Å². The van der Waals surface area contributed by atoms with Gasteiger partial charge in [-0.1, -0.05) is 19.3 Å². The van der Waals surface area contributed by atoms with Gasteiger partial charge in [0.15, 0.2) is 0 Å². The summed E-state index contributed by atoms with van der Waals surface area (Å²) in [5.41, 5.74) is -1.03. The molecule has 0 spiro atoms. The summed E-state index contributed by atoms with van der Waals surface area (Å²) >= 11 is 0. The standard InChI is InChI=1S/C9H15F3O/c10-9(11,12)7-6-8(13)4-2-1-3-5-8/h13H,1-7H2. The lowest BCUT2D eigenvalue weighted by atomic mass is 9.82. The molecule has 0 aliphatic heterocycles. The van der Waals surface area contributed by atoms with Crippen LogP contribution in [0, 0.1) is 0 Å². The van der Waals surface area contributed by atoms with Gasteiger partial charge >= 0.3 is 6.18 Å². The minimum absolute atomic E-state index is 0.128. The molecular formula is C9H15F3O. The maximum Gasteiger partial charge on any atom is 0.389 e. The first-order chi connectivity index (χ1) is 5.91. The smallest absolute Gasteiger partial charge is 0.389 e. The monoisotopic (exact) mass is 196 g/mol. The largest absolute Gasteiger partial charge is 0.390 e. The number of rotatable bonds is 2. The van der Waals surface area contributed by atoms with E-state index in [0.717, 1.165) is 19.3 Å². The van der Waals surface area contributed by atoms with E-state index >= 15 is 0 Å². The van der Waals surface area contributed by atoms with E-state index in [0.29, 0.717) is 12.8 Å². The van der Waals surface area contributed by atoms with E-state index in [4.69, 9.17) is 0 Å². The molecule has 0 heterocycles. The van der Waals surface area contributed by atoms with Crippen LogP contribution in [0.2, 0.25) is 0 Å². The molecule has 1 fully saturated rings. The minimum atomic E-state index is -4.13. The van der Waals surface area contributed by atoms with Gasteiger partial charge in [0.2, 0.25) is 0 Å². The Hall–Kier alpha value is -0.250. The normalized spacial score (nSPS) is 23.1. The summed E-state index contributed by atoms with van der Waals surface area (Å²) in [6.45, 7) is 0. The van der Waals surface area contributed by atoms with Crippen molar-refractivity contribution in [2.45, 2.75) is 56.7 Å². The Labute approximate surface area is 75.9 Å². The van der Waals surface area contributed by atoms with Crippen molar-refractivity contribution in [1.82, 2.24) is 0 Å². The van der Waals surface area contributed by atoms with Crippen LogP contribution in [0.25, 0.3) is 0 Å². The predicted molar refractivity (Wildman–Crippen MR) is 43.3 cm³/mol. The molecule has 0 radical (unpaired) electrons. The Morgan fingerprint density at radius 3 is 2.08 bits per heavy atom. The topological polar surface area (TPSA) is 20.2 Å². The first-order valence-corrected chi connectivity index (χ1v) is 4.70. The Balaban J connectivity index is 2.33. The van der Waals surface area contributed by atoms with Crippen molar-refractivity contribution >= 4 is 0 Å². The summed E-state index contributed by atoms with van der Waals surface area (Å²) in [5.74, 6) is 0. The second-order valence-corrected chi connectivity index (χ2v) is 3.90. The molecule has 1 saturated carbocycles. The molecule has 0 bridgehead atoms. The zero-order valence-corrected chi connectivity index (χ0v) is 7.53. The highest BCUT2D eigenvalue weighted by Gasteiger charge is 2.35. The molecule has 4 heteroatoms. The Bertz CT molecular complexity index is 159. The third-order valence-electron chi connectivity index (χ3n) is 2.66. The number of halogens is 3. The fourth-order valence-corrected chi connectivity index (χ4v) is 1.83. The van der Waals surface area contributed by atoms with Gasteiger partial charge in [0.25, 0.3) is 0 Å². The molecule has 0 saturated heterocycles. The van der Waals surface area contributed by atoms with E-state index in [1.807, 2.05) is 0 Å². The molecule has 0 unspecified atom stereocenters. The Kier molecular flexibility index (Phi) is 3.22. The second kappa shape index (κ2) is 3.86. The van der Waals surface area contributed by atoms with Crippen molar-refractivity contribution in [3.63, 3.8) is 0 Å². The van der Waals surface area contributed by atoms with Gasteiger partial charge in [0, 0.05) is 6.42 Å². The van der Waals surface area contributed by atoms with E-state index in [1.54, 1.807) is 0 Å². The molecule has 0 amide bonds. The molecule has 1 aliphatic rings. The van der Waals surface area contributed by atoms with Crippen LogP contribution in [0.3, 0.4) is 0 Å². The summed E-state index contributed by atoms with van der Waals surface area (Å²) in [6, 6.07) is 0. The average Bonchev–Trinajstić information content (AvgIpc) is 2.02. The quantitative estimate of drug-likeness (QED) is 0.719. The van der Waals surface area contributed by atoms with Crippen LogP contribution >= 0.6 is 0 Å². The molecule has 0 aromatic heterocycles. The summed E-state index contributed by atoms with van der Waals surface area (Å²) in [5, 5.41) is 9.73. The lowest BCUT2D eigenvalue weighted by Crippen LogP contribution is -2.32. The number of hydrogen-bond acceptors (Lipinski definition) is 1. The van der Waals surface area contributed by atoms with E-state index in [9.17, 15) is 18.3 Å². The first kappa shape index (κ1) is 10.8. The van der Waals surface area contributed by atoms with E-state index in [-0.39, 0.29) is 6.42 Å². The lowest BCUT2D eigenvalue weighted by Gasteiger charge is -2.32. The van der Waals surface area contributed by atoms with Gasteiger partial charge in [-0.05, 0) is 19.3 Å². The van der Waals surface area contributed by atoms with Gasteiger partial charge < -0.3 is 5.11 Å². The van der Waals surface area contributed by atoms with Crippen molar-refractivity contribution in [2.24, 2.45) is 0 Å². The van der Waals surface area contributed by atoms with Gasteiger partial charge in [0.1, 0.15) is 0 Å². The highest BCUT2D eigenvalue weighted by Crippen LogP contribution is 2.35. The zero-order chi connectivity index (χ0) is 9.95. The summed E-state index contributed by atoms with van der Waals surface area (Å²) in [7, 11) is 0. The average molecular weight is 196 g/mol. The molecular weight excluding hydrogens is 181 g/mol. The van der Waals surface area contributed by atoms with Crippen molar-refractivity contribution < 1.29 is 18.3 Å². The summed E-state index contributed by atoms with van der Waals surface area (Å²) < 4.78 is 35.6. The first-order valence-electron chi connectivity index (χ1n) is 4.70. The highest BCUT2D eigenvalue weighted by atomic mass is 19.4. The van der Waals surface area contributed by atoms with Gasteiger partial charge in [-0.2, -0.15) is 13.2 Å². The van der Waals surface area contributed by atoms with Crippen molar-refractivity contribution in [2.75, 3.05) is 0 Å². The van der Waals surface area contributed by atoms with Crippen molar-refractivity contribution in [3.8, 4) is 0 Å². The molecule has 78 valence electrons. The van der Waals surface area contributed by atoms with E-state index < -0.39 is 18.2 Å². The maximum atomic E-state index is 11.9. The number of aliphatic hydroxyl groups is 1. The predicted octanol–water partition coefficient (Wildman–Crippen LogP) is 3.02. The van der Waals surface area contributed by atoms with Crippen molar-refractivity contribution in [1.29, 1.82) is 0 Å². The molecule has 1 nitrogen and oxygen atoms in total. The van der Waals surface area contributed by atoms with Gasteiger partial charge in [-0.3, -0.25) is 0 Å². The third-order valence-corrected chi connectivity index (χ3v) is 2.66. The molecule has 1 N–H and O–H groups in total. The minimum Gasteiger partial charge on any atom is -0.390 e. The fraction of sp³-hybridized carbons (Fsp3) is 1.00. The Morgan fingerprint density at radius 1 is 1.08 bits per heavy atom. The van der Waals surface area contributed by atoms with Crippen LogP contribution < -0.4 is 0 Å². The lowest BCUT2D eigenvalue weighted by molar-refractivity contribution is -0.149. The van der Waals surface area contributed by atoms with Gasteiger partial charge in [-0.15, -0.1) is 0 Å². The SMILES string of the molecule is OC1(CCC(F)(F)F)CCCCC1. The van der Waals surface area contributed by atoms with E-state index in [1.165, 1.54) is 0 Å². The van der Waals surface area contributed by atoms with Crippen LogP contribution in [0.5, 0.6) is 0 Å². The maximum absolute atomic E-state index is 11.9. The molecule has 0 aromatic carbocycles. The summed E-state index contributed by atoms with van der Waals surface area (Å²) in [4.78, 5) is 0. The van der Waals surface area contributed by atoms with Gasteiger partial charge in [-0.25, -0.2) is 0 Å². The number of hydrogen-bond donors (Lipinski definition) is 1. The van der Waals surface area contributed by atoms with Crippen LogP contribution in [-0.4, -0.2) is 16.9 Å². The molecule has 1 rings (SSSR count). The molecule has 1 aliphatic carbocycles. The van der Waals surface area contributed by atoms with E-state index in [2.05, 4.69) is 0 Å². The van der Waals surface area contributed by atoms with Crippen LogP contribution in [0.1, 0.15) is 44.9 Å². The molecule has 0 atom stereocenters. The highest BCUT2D eigenvalue weighted by molar-refractivity contribution is 4.82. The van der Waals surface area contributed by atoms with Crippen LogP contribution in [0.4, 0.5) is 13.2 Å².